The Hall–Kier alpha value is -3.77. The van der Waals surface area contributed by atoms with E-state index in [0.29, 0.717) is 49.9 Å². The molecule has 2 aliphatic heterocycles. The summed E-state index contributed by atoms with van der Waals surface area (Å²) >= 11 is 0. The lowest BCUT2D eigenvalue weighted by Crippen LogP contribution is -2.57. The molecular formula is C27H35N9O3. The highest BCUT2D eigenvalue weighted by Gasteiger charge is 2.50. The van der Waals surface area contributed by atoms with Gasteiger partial charge < -0.3 is 35.3 Å². The van der Waals surface area contributed by atoms with Crippen LogP contribution >= 0.6 is 0 Å². The molecule has 2 saturated heterocycles. The molecular weight excluding hydrogens is 498 g/mol. The van der Waals surface area contributed by atoms with Gasteiger partial charge in [-0.3, -0.25) is 4.79 Å². The maximum absolute atomic E-state index is 13.1. The average molecular weight is 534 g/mol. The van der Waals surface area contributed by atoms with E-state index in [4.69, 9.17) is 16.2 Å². The third kappa shape index (κ3) is 4.57. The highest BCUT2D eigenvalue weighted by molar-refractivity contribution is 5.82. The van der Waals surface area contributed by atoms with Crippen LogP contribution in [0.5, 0.6) is 0 Å². The third-order valence-corrected chi connectivity index (χ3v) is 8.40. The summed E-state index contributed by atoms with van der Waals surface area (Å²) in [5.74, 6) is 1.40. The van der Waals surface area contributed by atoms with Crippen LogP contribution in [-0.2, 0) is 16.1 Å². The Morgan fingerprint density at radius 3 is 2.74 bits per heavy atom. The summed E-state index contributed by atoms with van der Waals surface area (Å²) in [6.07, 6.45) is 4.83. The first-order valence-electron chi connectivity index (χ1n) is 13.5. The Morgan fingerprint density at radius 1 is 1.18 bits per heavy atom. The highest BCUT2D eigenvalue weighted by Crippen LogP contribution is 2.44. The summed E-state index contributed by atoms with van der Waals surface area (Å²) in [5, 5.41) is 11.3. The average Bonchev–Trinajstić information content (AvgIpc) is 3.47. The number of aryl methyl sites for hydroxylation is 2. The van der Waals surface area contributed by atoms with Gasteiger partial charge in [0.2, 0.25) is 11.9 Å². The van der Waals surface area contributed by atoms with Gasteiger partial charge in [-0.1, -0.05) is 12.1 Å². The third-order valence-electron chi connectivity index (χ3n) is 8.40. The molecule has 12 heteroatoms. The van der Waals surface area contributed by atoms with Crippen molar-refractivity contribution in [2.24, 2.45) is 0 Å². The van der Waals surface area contributed by atoms with Gasteiger partial charge in [0.1, 0.15) is 16.9 Å². The summed E-state index contributed by atoms with van der Waals surface area (Å²) in [6, 6.07) is 7.74. The molecule has 2 fully saturated rings. The van der Waals surface area contributed by atoms with E-state index in [-0.39, 0.29) is 30.3 Å². The monoisotopic (exact) mass is 533 g/mol. The van der Waals surface area contributed by atoms with E-state index in [1.807, 2.05) is 34.6 Å². The van der Waals surface area contributed by atoms with Gasteiger partial charge in [-0.2, -0.15) is 9.97 Å². The Balaban J connectivity index is 1.10. The first-order chi connectivity index (χ1) is 18.7. The van der Waals surface area contributed by atoms with Crippen LogP contribution in [0.3, 0.4) is 0 Å². The number of carbonyl (C=O) groups is 1. The smallest absolute Gasteiger partial charge is 0.224 e. The van der Waals surface area contributed by atoms with Crippen molar-refractivity contribution >= 4 is 39.9 Å². The zero-order valence-electron chi connectivity index (χ0n) is 22.4. The fraction of sp³-hybridized carbons (Fsp3) is 0.519. The molecule has 0 radical (unpaired) electrons. The molecule has 2 atom stereocenters. The van der Waals surface area contributed by atoms with Crippen LogP contribution < -0.4 is 11.5 Å². The molecule has 1 aromatic carbocycles. The van der Waals surface area contributed by atoms with Gasteiger partial charge in [-0.05, 0) is 45.2 Å². The number of carbonyl (C=O) groups excluding carboxylic acids is 1. The largest absolute Gasteiger partial charge is 0.386 e. The van der Waals surface area contributed by atoms with E-state index in [0.717, 1.165) is 29.8 Å². The number of amides is 1. The molecule has 1 spiro atoms. The van der Waals surface area contributed by atoms with Crippen LogP contribution in [0.1, 0.15) is 50.9 Å². The zero-order valence-corrected chi connectivity index (χ0v) is 22.4. The molecule has 4 aromatic rings. The number of likely N-dealkylation sites (tertiary alicyclic amines) is 1. The van der Waals surface area contributed by atoms with Gasteiger partial charge in [0, 0.05) is 32.5 Å². The maximum atomic E-state index is 13.1. The van der Waals surface area contributed by atoms with E-state index in [9.17, 15) is 9.90 Å². The van der Waals surface area contributed by atoms with Gasteiger partial charge in [-0.15, -0.1) is 0 Å². The van der Waals surface area contributed by atoms with E-state index in [2.05, 4.69) is 30.6 Å². The first-order valence-corrected chi connectivity index (χ1v) is 13.5. The lowest BCUT2D eigenvalue weighted by Gasteiger charge is -2.51. The van der Waals surface area contributed by atoms with Crippen molar-refractivity contribution in [3.63, 3.8) is 0 Å². The maximum Gasteiger partial charge on any atom is 0.224 e. The number of rotatable bonds is 5. The summed E-state index contributed by atoms with van der Waals surface area (Å²) < 4.78 is 10.3. The number of piperidine rings is 1. The summed E-state index contributed by atoms with van der Waals surface area (Å²) in [5.41, 5.74) is 13.3. The van der Waals surface area contributed by atoms with Gasteiger partial charge in [-0.25, -0.2) is 9.97 Å². The van der Waals surface area contributed by atoms with Crippen LogP contribution in [0.4, 0.5) is 11.8 Å². The number of nitrogens with two attached hydrogens (primary N) is 2. The molecule has 6 rings (SSSR count). The second kappa shape index (κ2) is 9.45. The Labute approximate surface area is 226 Å². The number of fused-ring (bicyclic) bond motifs is 2. The van der Waals surface area contributed by atoms with Gasteiger partial charge in [0.05, 0.1) is 35.6 Å². The van der Waals surface area contributed by atoms with Crippen molar-refractivity contribution in [3.05, 3.63) is 36.4 Å². The predicted octanol–water partition coefficient (Wildman–Crippen LogP) is 2.20. The zero-order chi connectivity index (χ0) is 27.4. The number of hydrogen-bond donors (Lipinski definition) is 3. The minimum absolute atomic E-state index is 0.0615. The normalized spacial score (nSPS) is 23.2. The van der Waals surface area contributed by atoms with Crippen LogP contribution in [0.15, 0.2) is 30.6 Å². The van der Waals surface area contributed by atoms with E-state index in [1.165, 1.54) is 0 Å². The first kappa shape index (κ1) is 25.5. The molecule has 1 amide bonds. The number of anilines is 2. The molecule has 5 N–H and O–H groups in total. The molecule has 12 nitrogen and oxygen atoms in total. The molecule has 39 heavy (non-hydrogen) atoms. The molecule has 2 aliphatic rings. The number of hydrogen-bond acceptors (Lipinski definition) is 9. The van der Waals surface area contributed by atoms with Crippen LogP contribution in [0.2, 0.25) is 0 Å². The summed E-state index contributed by atoms with van der Waals surface area (Å²) in [7, 11) is 0. The van der Waals surface area contributed by atoms with Crippen LogP contribution in [0.25, 0.3) is 22.2 Å². The van der Waals surface area contributed by atoms with Crippen molar-refractivity contribution in [1.82, 2.24) is 34.0 Å². The Morgan fingerprint density at radius 2 is 1.95 bits per heavy atom. The summed E-state index contributed by atoms with van der Waals surface area (Å²) in [4.78, 5) is 32.4. The molecule has 3 aromatic heterocycles. The lowest BCUT2D eigenvalue weighted by molar-refractivity contribution is -0.201. The van der Waals surface area contributed by atoms with E-state index >= 15 is 0 Å². The molecule has 206 valence electrons. The molecule has 5 heterocycles. The number of nitrogens with zero attached hydrogens (tertiary/aromatic N) is 7. The number of aliphatic hydroxyl groups is 1. The summed E-state index contributed by atoms with van der Waals surface area (Å²) in [6.45, 7) is 5.92. The minimum Gasteiger partial charge on any atom is -0.386 e. The van der Waals surface area contributed by atoms with Gasteiger partial charge in [0.25, 0.3) is 0 Å². The number of nitrogen functional groups attached to an aromatic ring is 2. The number of benzene rings is 1. The number of imidazole rings is 2. The number of aromatic nitrogens is 6. The second-order valence-corrected chi connectivity index (χ2v) is 11.1. The predicted molar refractivity (Wildman–Crippen MR) is 147 cm³/mol. The fourth-order valence-electron chi connectivity index (χ4n) is 6.15. The standard InChI is InChI=1S/C27H35N9O3/c1-17-31-18-6-3-4-7-19(18)35(17)11-5-8-21(37)34-12-9-27(10-13-34)14-20(26(2,38)15-39-27)36-16-30-22-23(28)32-25(29)33-24(22)36/h3-4,6-7,16,20,38H,5,8-15H2,1-2H3,(H4,28,29,32,33)/t20-,26-/m0/s1. The quantitative estimate of drug-likeness (QED) is 0.349. The molecule has 0 unspecified atom stereocenters. The van der Waals surface area contributed by atoms with Crippen LogP contribution in [0, 0.1) is 6.92 Å². The minimum atomic E-state index is -1.14. The number of ether oxygens (including phenoxy) is 1. The van der Waals surface area contributed by atoms with E-state index < -0.39 is 11.2 Å². The molecule has 0 bridgehead atoms. The second-order valence-electron chi connectivity index (χ2n) is 11.1. The van der Waals surface area contributed by atoms with Crippen molar-refractivity contribution in [2.75, 3.05) is 31.2 Å². The molecule has 0 aliphatic carbocycles. The molecule has 0 saturated carbocycles. The van der Waals surface area contributed by atoms with Crippen molar-refractivity contribution in [2.45, 2.75) is 69.7 Å². The van der Waals surface area contributed by atoms with Crippen molar-refractivity contribution < 1.29 is 14.6 Å². The fourth-order valence-corrected chi connectivity index (χ4v) is 6.15. The van der Waals surface area contributed by atoms with Gasteiger partial charge >= 0.3 is 0 Å². The SMILES string of the molecule is Cc1nc2ccccc2n1CCCC(=O)N1CCC2(CC1)C[C@H](n1cnc3c(N)nc(N)nc31)[C@@](C)(O)CO2. The Bertz CT molecular complexity index is 1530. The topological polar surface area (TPSA) is 163 Å². The van der Waals surface area contributed by atoms with Crippen LogP contribution in [-0.4, -0.2) is 75.9 Å². The van der Waals surface area contributed by atoms with Gasteiger partial charge in [0.15, 0.2) is 11.5 Å². The van der Waals surface area contributed by atoms with Crippen molar-refractivity contribution in [1.29, 1.82) is 0 Å². The van der Waals surface area contributed by atoms with Crippen molar-refractivity contribution in [3.8, 4) is 0 Å². The Kier molecular flexibility index (Phi) is 6.18. The number of para-hydroxylation sites is 2. The van der Waals surface area contributed by atoms with E-state index in [1.54, 1.807) is 13.3 Å². The highest BCUT2D eigenvalue weighted by atomic mass is 16.5. The lowest BCUT2D eigenvalue weighted by atomic mass is 9.77.